The van der Waals surface area contributed by atoms with Crippen molar-refractivity contribution in [2.24, 2.45) is 0 Å². The molecule has 4 heteroatoms. The van der Waals surface area contributed by atoms with Crippen LogP contribution in [0, 0.1) is 5.82 Å². The zero-order chi connectivity index (χ0) is 17.4. The van der Waals surface area contributed by atoms with Gasteiger partial charge in [0.05, 0.1) is 0 Å². The van der Waals surface area contributed by atoms with Crippen LogP contribution >= 0.6 is 0 Å². The third kappa shape index (κ3) is 3.29. The Kier molecular flexibility index (Phi) is 4.04. The molecule has 0 bridgehead atoms. The van der Waals surface area contributed by atoms with Crippen LogP contribution in [0.25, 0.3) is 0 Å². The predicted octanol–water partition coefficient (Wildman–Crippen LogP) is 4.57. The lowest BCUT2D eigenvalue weighted by Crippen LogP contribution is -2.34. The average molecular weight is 337 g/mol. The molecule has 1 aliphatic carbocycles. The molecule has 0 N–H and O–H groups in total. The lowest BCUT2D eigenvalue weighted by molar-refractivity contribution is -0.126. The van der Waals surface area contributed by atoms with E-state index in [4.69, 9.17) is 4.74 Å². The van der Waals surface area contributed by atoms with Gasteiger partial charge >= 0.3 is 0 Å². The van der Waals surface area contributed by atoms with Crippen molar-refractivity contribution in [3.8, 4) is 11.5 Å². The fourth-order valence-electron chi connectivity index (χ4n) is 3.34. The average Bonchev–Trinajstić information content (AvgIpc) is 3.47. The molecule has 1 amide bonds. The number of hydrogen-bond acceptors (Lipinski definition) is 2. The fourth-order valence-corrected chi connectivity index (χ4v) is 3.34. The number of ether oxygens (including phenoxy) is 1. The van der Waals surface area contributed by atoms with Gasteiger partial charge in [0.25, 0.3) is 0 Å². The van der Waals surface area contributed by atoms with E-state index >= 15 is 0 Å². The normalized spacial score (nSPS) is 16.3. The van der Waals surface area contributed by atoms with Crippen LogP contribution in [0.4, 0.5) is 4.39 Å². The topological polar surface area (TPSA) is 29.5 Å². The molecule has 25 heavy (non-hydrogen) atoms. The van der Waals surface area contributed by atoms with Crippen molar-refractivity contribution in [2.45, 2.75) is 31.7 Å². The summed E-state index contributed by atoms with van der Waals surface area (Å²) >= 11 is 0. The van der Waals surface area contributed by atoms with Crippen molar-refractivity contribution in [3.63, 3.8) is 0 Å². The van der Waals surface area contributed by atoms with E-state index in [0.717, 1.165) is 30.4 Å². The number of benzene rings is 2. The van der Waals surface area contributed by atoms with Crippen LogP contribution in [0.2, 0.25) is 0 Å². The van der Waals surface area contributed by atoms with Gasteiger partial charge in [0.15, 0.2) is 0 Å². The summed E-state index contributed by atoms with van der Waals surface area (Å²) in [4.78, 5) is 13.6. The monoisotopic (exact) mass is 337 g/mol. The van der Waals surface area contributed by atoms with Gasteiger partial charge in [-0.15, -0.1) is 0 Å². The summed E-state index contributed by atoms with van der Waals surface area (Å²) in [7, 11) is 0. The lowest BCUT2D eigenvalue weighted by Gasteiger charge is -2.28. The second-order valence-electron chi connectivity index (χ2n) is 6.70. The van der Waals surface area contributed by atoms with Gasteiger partial charge < -0.3 is 9.64 Å². The third-order valence-electron chi connectivity index (χ3n) is 4.90. The van der Waals surface area contributed by atoms with E-state index in [1.807, 2.05) is 18.2 Å². The number of amides is 1. The Morgan fingerprint density at radius 3 is 2.68 bits per heavy atom. The number of nitrogens with zero attached hydrogens (tertiary/aromatic N) is 1. The lowest BCUT2D eigenvalue weighted by atomic mass is 9.99. The zero-order valence-electron chi connectivity index (χ0n) is 14.0. The molecule has 0 saturated heterocycles. The molecule has 0 spiro atoms. The molecule has 1 aliphatic heterocycles. The molecule has 0 radical (unpaired) electrons. The SMILES string of the molecule is C=CC(=O)N1CCc2ccc(Oc3ccc(F)c(C4CC4)c3)cc2C1. The van der Waals surface area contributed by atoms with Gasteiger partial charge in [0, 0.05) is 13.1 Å². The van der Waals surface area contributed by atoms with Gasteiger partial charge in [-0.25, -0.2) is 4.39 Å². The molecular formula is C21H20FNO2. The first kappa shape index (κ1) is 15.9. The largest absolute Gasteiger partial charge is 0.457 e. The summed E-state index contributed by atoms with van der Waals surface area (Å²) in [6.45, 7) is 4.83. The Morgan fingerprint density at radius 2 is 1.92 bits per heavy atom. The summed E-state index contributed by atoms with van der Waals surface area (Å²) in [5.41, 5.74) is 3.07. The van der Waals surface area contributed by atoms with E-state index in [1.165, 1.54) is 17.7 Å². The van der Waals surface area contributed by atoms with Gasteiger partial charge in [0.1, 0.15) is 17.3 Å². The molecule has 1 heterocycles. The number of hydrogen-bond donors (Lipinski definition) is 0. The predicted molar refractivity (Wildman–Crippen MR) is 94.2 cm³/mol. The molecule has 2 aromatic carbocycles. The van der Waals surface area contributed by atoms with E-state index in [1.54, 1.807) is 17.0 Å². The van der Waals surface area contributed by atoms with Gasteiger partial charge in [-0.05, 0) is 78.3 Å². The quantitative estimate of drug-likeness (QED) is 0.765. The molecule has 0 unspecified atom stereocenters. The van der Waals surface area contributed by atoms with E-state index in [2.05, 4.69) is 6.58 Å². The maximum Gasteiger partial charge on any atom is 0.246 e. The minimum Gasteiger partial charge on any atom is -0.457 e. The molecule has 4 rings (SSSR count). The molecule has 2 aromatic rings. The van der Waals surface area contributed by atoms with Crippen molar-refractivity contribution in [3.05, 3.63) is 71.6 Å². The highest BCUT2D eigenvalue weighted by molar-refractivity contribution is 5.87. The molecule has 0 atom stereocenters. The van der Waals surface area contributed by atoms with Crippen molar-refractivity contribution in [2.75, 3.05) is 6.54 Å². The fraction of sp³-hybridized carbons (Fsp3) is 0.286. The molecular weight excluding hydrogens is 317 g/mol. The highest BCUT2D eigenvalue weighted by Gasteiger charge is 2.27. The van der Waals surface area contributed by atoms with E-state index < -0.39 is 0 Å². The smallest absolute Gasteiger partial charge is 0.246 e. The van der Waals surface area contributed by atoms with E-state index in [9.17, 15) is 9.18 Å². The Balaban J connectivity index is 1.55. The van der Waals surface area contributed by atoms with Crippen LogP contribution < -0.4 is 4.74 Å². The highest BCUT2D eigenvalue weighted by Crippen LogP contribution is 2.42. The van der Waals surface area contributed by atoms with Crippen LogP contribution in [0.15, 0.2) is 49.1 Å². The summed E-state index contributed by atoms with van der Waals surface area (Å²) < 4.78 is 19.8. The Bertz CT molecular complexity index is 842. The molecule has 2 aliphatic rings. The number of rotatable bonds is 4. The van der Waals surface area contributed by atoms with Crippen molar-refractivity contribution in [1.29, 1.82) is 0 Å². The van der Waals surface area contributed by atoms with Gasteiger partial charge in [-0.3, -0.25) is 4.79 Å². The summed E-state index contributed by atoms with van der Waals surface area (Å²) in [5.74, 6) is 1.49. The highest BCUT2D eigenvalue weighted by atomic mass is 19.1. The summed E-state index contributed by atoms with van der Waals surface area (Å²) in [6.07, 6.45) is 4.28. The number of carbonyl (C=O) groups excluding carboxylic acids is 1. The van der Waals surface area contributed by atoms with E-state index in [-0.39, 0.29) is 11.7 Å². The second-order valence-corrected chi connectivity index (χ2v) is 6.70. The van der Waals surface area contributed by atoms with Crippen molar-refractivity contribution in [1.82, 2.24) is 4.90 Å². The zero-order valence-corrected chi connectivity index (χ0v) is 14.0. The number of halogens is 1. The maximum absolute atomic E-state index is 13.9. The first-order chi connectivity index (χ1) is 12.1. The minimum absolute atomic E-state index is 0.0513. The maximum atomic E-state index is 13.9. The molecule has 1 fully saturated rings. The van der Waals surface area contributed by atoms with Crippen molar-refractivity contribution < 1.29 is 13.9 Å². The number of fused-ring (bicyclic) bond motifs is 1. The molecule has 3 nitrogen and oxygen atoms in total. The molecule has 128 valence electrons. The Hall–Kier alpha value is -2.62. The van der Waals surface area contributed by atoms with Gasteiger partial charge in [-0.2, -0.15) is 0 Å². The third-order valence-corrected chi connectivity index (χ3v) is 4.90. The minimum atomic E-state index is -0.154. The van der Waals surface area contributed by atoms with Gasteiger partial charge in [-0.1, -0.05) is 12.6 Å². The Morgan fingerprint density at radius 1 is 1.16 bits per heavy atom. The summed E-state index contributed by atoms with van der Waals surface area (Å²) in [6, 6.07) is 10.9. The standard InChI is InChI=1S/C21H20FNO2/c1-2-21(24)23-10-9-14-5-6-17(11-16(14)13-23)25-18-7-8-20(22)19(12-18)15-3-4-15/h2,5-8,11-12,15H,1,3-4,9-10,13H2. The molecule has 1 saturated carbocycles. The van der Waals surface area contributed by atoms with Crippen LogP contribution in [0.5, 0.6) is 11.5 Å². The van der Waals surface area contributed by atoms with Crippen LogP contribution in [-0.4, -0.2) is 17.4 Å². The summed E-state index contributed by atoms with van der Waals surface area (Å²) in [5, 5.41) is 0. The first-order valence-corrected chi connectivity index (χ1v) is 8.64. The Labute approximate surface area is 146 Å². The van der Waals surface area contributed by atoms with Gasteiger partial charge in [0.2, 0.25) is 5.91 Å². The first-order valence-electron chi connectivity index (χ1n) is 8.64. The van der Waals surface area contributed by atoms with Crippen LogP contribution in [0.1, 0.15) is 35.4 Å². The van der Waals surface area contributed by atoms with Crippen LogP contribution in [-0.2, 0) is 17.8 Å². The number of carbonyl (C=O) groups is 1. The van der Waals surface area contributed by atoms with E-state index in [0.29, 0.717) is 30.5 Å². The molecule has 0 aromatic heterocycles. The second kappa shape index (κ2) is 6.36. The van der Waals surface area contributed by atoms with Crippen molar-refractivity contribution >= 4 is 5.91 Å². The van der Waals surface area contributed by atoms with Crippen LogP contribution in [0.3, 0.4) is 0 Å².